The summed E-state index contributed by atoms with van der Waals surface area (Å²) in [6.07, 6.45) is 5.14. The van der Waals surface area contributed by atoms with Crippen molar-refractivity contribution in [2.24, 2.45) is 5.73 Å². The van der Waals surface area contributed by atoms with Gasteiger partial charge in [-0.25, -0.2) is 0 Å². The second-order valence-electron chi connectivity index (χ2n) is 3.87. The third-order valence-electron chi connectivity index (χ3n) is 2.70. The lowest BCUT2D eigenvalue weighted by Crippen LogP contribution is -2.40. The molecule has 78 valence electrons. The number of nitrogens with two attached hydrogens (primary N) is 1. The highest BCUT2D eigenvalue weighted by Gasteiger charge is 2.22. The predicted molar refractivity (Wildman–Crippen MR) is 52.7 cm³/mol. The van der Waals surface area contributed by atoms with Gasteiger partial charge in [-0.2, -0.15) is 0 Å². The second-order valence-corrected chi connectivity index (χ2v) is 3.87. The Hall–Kier alpha value is -0.120. The molecule has 1 saturated carbocycles. The fraction of sp³-hybridized carbons (Fsp3) is 1.00. The highest BCUT2D eigenvalue weighted by molar-refractivity contribution is 4.78. The molecule has 0 aliphatic heterocycles. The van der Waals surface area contributed by atoms with E-state index >= 15 is 0 Å². The zero-order valence-corrected chi connectivity index (χ0v) is 8.66. The first-order valence-electron chi connectivity index (χ1n) is 5.14. The van der Waals surface area contributed by atoms with Crippen molar-refractivity contribution in [3.63, 3.8) is 0 Å². The summed E-state index contributed by atoms with van der Waals surface area (Å²) in [4.78, 5) is 0. The minimum absolute atomic E-state index is 0.175. The van der Waals surface area contributed by atoms with E-state index in [1.165, 1.54) is 12.8 Å². The Morgan fingerprint density at radius 1 is 1.38 bits per heavy atom. The maximum absolute atomic E-state index is 5.94. The molecule has 0 spiro atoms. The van der Waals surface area contributed by atoms with E-state index < -0.39 is 0 Å². The molecule has 1 aliphatic carbocycles. The Labute approximate surface area is 80.6 Å². The Kier molecular flexibility index (Phi) is 4.70. The maximum atomic E-state index is 5.94. The molecule has 0 bridgehead atoms. The van der Waals surface area contributed by atoms with Crippen molar-refractivity contribution in [3.05, 3.63) is 0 Å². The van der Waals surface area contributed by atoms with E-state index in [4.69, 9.17) is 15.2 Å². The SMILES string of the molecule is COC(C)COC1CCCCC1N. The molecule has 0 aromatic heterocycles. The molecule has 3 unspecified atom stereocenters. The highest BCUT2D eigenvalue weighted by Crippen LogP contribution is 2.19. The van der Waals surface area contributed by atoms with Crippen LogP contribution in [0, 0.1) is 0 Å². The second kappa shape index (κ2) is 5.58. The first-order valence-corrected chi connectivity index (χ1v) is 5.14. The standard InChI is InChI=1S/C10H21NO2/c1-8(12-2)7-13-10-6-4-3-5-9(10)11/h8-10H,3-7,11H2,1-2H3. The van der Waals surface area contributed by atoms with Crippen LogP contribution in [0.15, 0.2) is 0 Å². The molecular formula is C10H21NO2. The molecule has 3 heteroatoms. The van der Waals surface area contributed by atoms with Gasteiger partial charge in [-0.15, -0.1) is 0 Å². The molecule has 13 heavy (non-hydrogen) atoms. The van der Waals surface area contributed by atoms with E-state index in [-0.39, 0.29) is 18.2 Å². The number of ether oxygens (including phenoxy) is 2. The average Bonchev–Trinajstić information content (AvgIpc) is 2.16. The Balaban J connectivity index is 2.18. The molecule has 0 radical (unpaired) electrons. The van der Waals surface area contributed by atoms with Gasteiger partial charge in [0.1, 0.15) is 0 Å². The number of methoxy groups -OCH3 is 1. The molecule has 2 N–H and O–H groups in total. The van der Waals surface area contributed by atoms with Gasteiger partial charge in [0.15, 0.2) is 0 Å². The summed E-state index contributed by atoms with van der Waals surface area (Å²) in [7, 11) is 1.70. The van der Waals surface area contributed by atoms with Crippen molar-refractivity contribution < 1.29 is 9.47 Å². The van der Waals surface area contributed by atoms with Crippen LogP contribution in [0.5, 0.6) is 0 Å². The smallest absolute Gasteiger partial charge is 0.0776 e. The van der Waals surface area contributed by atoms with Crippen LogP contribution < -0.4 is 5.73 Å². The molecule has 0 amide bonds. The van der Waals surface area contributed by atoms with Gasteiger partial charge in [-0.3, -0.25) is 0 Å². The quantitative estimate of drug-likeness (QED) is 0.721. The van der Waals surface area contributed by atoms with Crippen LogP contribution in [0.1, 0.15) is 32.6 Å². The van der Waals surface area contributed by atoms with Gasteiger partial charge in [0, 0.05) is 13.2 Å². The maximum Gasteiger partial charge on any atom is 0.0776 e. The summed E-state index contributed by atoms with van der Waals surface area (Å²) < 4.78 is 10.8. The molecular weight excluding hydrogens is 166 g/mol. The molecule has 3 atom stereocenters. The van der Waals surface area contributed by atoms with Crippen LogP contribution in [0.4, 0.5) is 0 Å². The molecule has 1 aliphatic rings. The van der Waals surface area contributed by atoms with E-state index in [1.54, 1.807) is 7.11 Å². The zero-order valence-electron chi connectivity index (χ0n) is 8.66. The van der Waals surface area contributed by atoms with Crippen LogP contribution in [-0.2, 0) is 9.47 Å². The fourth-order valence-corrected chi connectivity index (χ4v) is 1.66. The predicted octanol–water partition coefficient (Wildman–Crippen LogP) is 1.31. The van der Waals surface area contributed by atoms with Crippen LogP contribution in [-0.4, -0.2) is 32.0 Å². The Morgan fingerprint density at radius 2 is 2.08 bits per heavy atom. The van der Waals surface area contributed by atoms with E-state index in [2.05, 4.69) is 0 Å². The van der Waals surface area contributed by atoms with Crippen LogP contribution in [0.25, 0.3) is 0 Å². The van der Waals surface area contributed by atoms with Crippen molar-refractivity contribution in [2.75, 3.05) is 13.7 Å². The lowest BCUT2D eigenvalue weighted by Gasteiger charge is -2.29. The van der Waals surface area contributed by atoms with E-state index in [0.29, 0.717) is 6.61 Å². The summed E-state index contributed by atoms with van der Waals surface area (Å²) in [5.74, 6) is 0. The number of rotatable bonds is 4. The first kappa shape index (κ1) is 11.0. The molecule has 1 fully saturated rings. The monoisotopic (exact) mass is 187 g/mol. The summed E-state index contributed by atoms with van der Waals surface area (Å²) in [6, 6.07) is 0.234. The molecule has 0 heterocycles. The average molecular weight is 187 g/mol. The summed E-state index contributed by atoms with van der Waals surface area (Å²) in [6.45, 7) is 2.67. The van der Waals surface area contributed by atoms with Gasteiger partial charge in [0.05, 0.1) is 18.8 Å². The molecule has 1 rings (SSSR count). The highest BCUT2D eigenvalue weighted by atomic mass is 16.5. The topological polar surface area (TPSA) is 44.5 Å². The van der Waals surface area contributed by atoms with Crippen LogP contribution in [0.3, 0.4) is 0 Å². The Morgan fingerprint density at radius 3 is 2.69 bits per heavy atom. The van der Waals surface area contributed by atoms with Gasteiger partial charge in [-0.05, 0) is 19.8 Å². The van der Waals surface area contributed by atoms with Crippen molar-refractivity contribution in [2.45, 2.75) is 50.9 Å². The summed E-state index contributed by atoms with van der Waals surface area (Å²) in [5.41, 5.74) is 5.94. The van der Waals surface area contributed by atoms with Gasteiger partial charge in [0.2, 0.25) is 0 Å². The lowest BCUT2D eigenvalue weighted by molar-refractivity contribution is -0.0394. The van der Waals surface area contributed by atoms with Gasteiger partial charge in [0.25, 0.3) is 0 Å². The normalized spacial score (nSPS) is 31.6. The number of hydrogen-bond acceptors (Lipinski definition) is 3. The molecule has 0 saturated heterocycles. The first-order chi connectivity index (χ1) is 6.24. The van der Waals surface area contributed by atoms with Crippen molar-refractivity contribution in [3.8, 4) is 0 Å². The number of hydrogen-bond donors (Lipinski definition) is 1. The zero-order chi connectivity index (χ0) is 9.68. The van der Waals surface area contributed by atoms with Crippen LogP contribution >= 0.6 is 0 Å². The van der Waals surface area contributed by atoms with Gasteiger partial charge < -0.3 is 15.2 Å². The van der Waals surface area contributed by atoms with E-state index in [1.807, 2.05) is 6.92 Å². The largest absolute Gasteiger partial charge is 0.379 e. The van der Waals surface area contributed by atoms with Gasteiger partial charge in [-0.1, -0.05) is 12.8 Å². The third-order valence-corrected chi connectivity index (χ3v) is 2.70. The molecule has 3 nitrogen and oxygen atoms in total. The van der Waals surface area contributed by atoms with E-state index in [9.17, 15) is 0 Å². The fourth-order valence-electron chi connectivity index (χ4n) is 1.66. The molecule has 0 aromatic carbocycles. The lowest BCUT2D eigenvalue weighted by atomic mass is 9.93. The Bertz CT molecular complexity index is 141. The summed E-state index contributed by atoms with van der Waals surface area (Å²) >= 11 is 0. The minimum atomic E-state index is 0.175. The third kappa shape index (κ3) is 3.63. The van der Waals surface area contributed by atoms with Crippen molar-refractivity contribution >= 4 is 0 Å². The van der Waals surface area contributed by atoms with Gasteiger partial charge >= 0.3 is 0 Å². The van der Waals surface area contributed by atoms with Crippen LogP contribution in [0.2, 0.25) is 0 Å². The van der Waals surface area contributed by atoms with E-state index in [0.717, 1.165) is 12.8 Å². The van der Waals surface area contributed by atoms with Crippen molar-refractivity contribution in [1.82, 2.24) is 0 Å². The van der Waals surface area contributed by atoms with Crippen molar-refractivity contribution in [1.29, 1.82) is 0 Å². The summed E-state index contributed by atoms with van der Waals surface area (Å²) in [5, 5.41) is 0. The molecule has 0 aromatic rings. The minimum Gasteiger partial charge on any atom is -0.379 e.